The molecule has 4 saturated carbocycles. The van der Waals surface area contributed by atoms with Gasteiger partial charge < -0.3 is 16.2 Å². The molecule has 4 aliphatic carbocycles. The van der Waals surface area contributed by atoms with Crippen LogP contribution in [0.4, 0.5) is 11.6 Å². The first-order valence-corrected chi connectivity index (χ1v) is 36.4. The standard InChI is InChI=1S/C23H25N7.C14H17BrO.C14H13BrO.C9H10BrNO2.C7H4BrClO.C7H10.C3H8O.ClH/c24-21-20(16-8-5-13-26-14-16)22(25)28-23(27-21)30-19-10-4-3-9-17(19)18(29-30)12-11-15-6-1-2-7-15;2*15-13-8-4-3-7-12(13)14(16)10-9-11-5-1-2-6-11;1-11(13-2)9(12)7-5-3-4-6-8(7)10;8-6-4-2-1-3-5(6)7(9)10;1-2-7-5-3-4-6-7;1-3-4-2;/h3-5,8-10,13-15H,1-2,6-7,11-12H2,(H4,24,25,27,28);3-4,7-8,11H,1-2,5-6,9-10H2;3-4,7-8,11H,1-2,5-6H2;3-6H,1-2H3;1-4H;1,7H,3-6H2;3H2,1-2H3;1H. The van der Waals surface area contributed by atoms with Crippen LogP contribution >= 0.6 is 87.7 Å². The Morgan fingerprint density at radius 3 is 1.56 bits per heavy atom. The molecule has 0 aliphatic heterocycles. The summed E-state index contributed by atoms with van der Waals surface area (Å²) in [7, 11) is 4.70. The van der Waals surface area contributed by atoms with Crippen LogP contribution in [-0.2, 0) is 16.0 Å². The minimum atomic E-state index is -0.438. The van der Waals surface area contributed by atoms with Gasteiger partial charge in [0.2, 0.25) is 5.78 Å². The summed E-state index contributed by atoms with van der Waals surface area (Å²) in [6.07, 6.45) is 33.3. The number of carbonyl (C=O) groups is 4. The highest BCUT2D eigenvalue weighted by molar-refractivity contribution is 9.11. The van der Waals surface area contributed by atoms with Crippen molar-refractivity contribution in [2.24, 2.45) is 23.7 Å². The van der Waals surface area contributed by atoms with Crippen LogP contribution in [0.3, 0.4) is 0 Å². The highest BCUT2D eigenvalue weighted by atomic mass is 79.9. The number of aryl methyl sites for hydroxylation is 1. The van der Waals surface area contributed by atoms with Crippen molar-refractivity contribution in [3.63, 3.8) is 0 Å². The van der Waals surface area contributed by atoms with Crippen molar-refractivity contribution in [3.05, 3.63) is 192 Å². The maximum Gasteiger partial charge on any atom is 0.278 e. The zero-order valence-corrected chi connectivity index (χ0v) is 63.6. The van der Waals surface area contributed by atoms with Crippen molar-refractivity contribution in [1.29, 1.82) is 0 Å². The Hall–Kier alpha value is -6.58. The molecular formula is C77H88Br4Cl2N8O6. The number of Topliss-reactive ketones (excluding diaryl/α,β-unsaturated/α-hetero) is 2. The second-order valence-electron chi connectivity index (χ2n) is 23.6. The number of methoxy groups -OCH3 is 1. The van der Waals surface area contributed by atoms with Crippen molar-refractivity contribution in [2.75, 3.05) is 39.3 Å². The molecule has 97 heavy (non-hydrogen) atoms. The number of rotatable bonds is 14. The number of nitrogens with zero attached hydrogens (tertiary/aromatic N) is 6. The number of amides is 1. The number of hydrogen-bond acceptors (Lipinski definition) is 12. The van der Waals surface area contributed by atoms with Gasteiger partial charge in [0.1, 0.15) is 11.6 Å². The third kappa shape index (κ3) is 26.6. The van der Waals surface area contributed by atoms with Gasteiger partial charge in [0.15, 0.2) is 5.78 Å². The SMILES string of the molecule is C#CC1CCCC1.CCOC.CON(C)C(=O)c1ccccc1Br.Cl.Nc1nc(-n2nc(CCC3CCCC3)c3ccccc32)nc(N)c1-c1cccnc1.O=C(C#CC1CCCC1)c1ccccc1Br.O=C(CCC1CCCC1)c1ccccc1Br.O=C(Cl)c1ccccc1Br. The number of hydrogen-bond donors (Lipinski definition) is 2. The van der Waals surface area contributed by atoms with Crippen molar-refractivity contribution in [3.8, 4) is 41.3 Å². The Bertz CT molecular complexity index is 3850. The summed E-state index contributed by atoms with van der Waals surface area (Å²) in [4.78, 5) is 64.0. The number of benzene rings is 5. The predicted octanol–water partition coefficient (Wildman–Crippen LogP) is 20.4. The van der Waals surface area contributed by atoms with E-state index >= 15 is 0 Å². The zero-order chi connectivity index (χ0) is 69.2. The monoisotopic (exact) mass is 1610 g/mol. The molecule has 0 radical (unpaired) electrons. The van der Waals surface area contributed by atoms with E-state index in [1.807, 2.05) is 104 Å². The third-order valence-corrected chi connectivity index (χ3v) is 19.9. The average molecular weight is 1610 g/mol. The van der Waals surface area contributed by atoms with Crippen LogP contribution in [0.15, 0.2) is 164 Å². The first kappa shape index (κ1) is 81.1. The molecule has 4 N–H and O–H groups in total. The quantitative estimate of drug-likeness (QED) is 0.0344. The van der Waals surface area contributed by atoms with Crippen LogP contribution in [0.2, 0.25) is 0 Å². The molecule has 20 heteroatoms. The molecule has 0 unspecified atom stereocenters. The van der Waals surface area contributed by atoms with Crippen LogP contribution in [0.25, 0.3) is 28.0 Å². The number of carbonyl (C=O) groups excluding carboxylic acids is 4. The molecule has 3 heterocycles. The molecule has 0 saturated heterocycles. The van der Waals surface area contributed by atoms with Gasteiger partial charge in [-0.2, -0.15) is 19.7 Å². The Morgan fingerprint density at radius 2 is 1.09 bits per heavy atom. The van der Waals surface area contributed by atoms with E-state index in [4.69, 9.17) is 39.4 Å². The van der Waals surface area contributed by atoms with Crippen molar-refractivity contribution in [2.45, 2.75) is 135 Å². The van der Waals surface area contributed by atoms with Crippen LogP contribution in [-0.4, -0.2) is 80.4 Å². The second kappa shape index (κ2) is 44.4. The largest absolute Gasteiger partial charge is 0.385 e. The van der Waals surface area contributed by atoms with E-state index in [-0.39, 0.29) is 29.9 Å². The Morgan fingerprint density at radius 1 is 0.629 bits per heavy atom. The van der Waals surface area contributed by atoms with E-state index in [1.54, 1.807) is 61.6 Å². The molecule has 8 aromatic rings. The molecule has 0 atom stereocenters. The number of aromatic nitrogens is 5. The number of hydroxylamine groups is 2. The molecule has 12 rings (SSSR count). The molecular weight excluding hydrogens is 1520 g/mol. The summed E-state index contributed by atoms with van der Waals surface area (Å²) in [5.41, 5.74) is 18.6. The molecule has 4 fully saturated rings. The number of ketones is 2. The lowest BCUT2D eigenvalue weighted by Gasteiger charge is -2.14. The molecule has 5 aromatic carbocycles. The van der Waals surface area contributed by atoms with Gasteiger partial charge in [-0.3, -0.25) is 29.0 Å². The number of nitrogens with two attached hydrogens (primary N) is 2. The van der Waals surface area contributed by atoms with Gasteiger partial charge in [-0.15, -0.1) is 24.8 Å². The third-order valence-electron chi connectivity index (χ3n) is 16.9. The second-order valence-corrected chi connectivity index (χ2v) is 27.3. The maximum absolute atomic E-state index is 12.0. The van der Waals surface area contributed by atoms with E-state index in [0.717, 1.165) is 89.7 Å². The summed E-state index contributed by atoms with van der Waals surface area (Å²) in [6.45, 7) is 2.78. The summed E-state index contributed by atoms with van der Waals surface area (Å²) >= 11 is 18.5. The van der Waals surface area contributed by atoms with Gasteiger partial charge in [-0.25, -0.2) is 5.06 Å². The Labute approximate surface area is 617 Å². The molecule has 14 nitrogen and oxygen atoms in total. The van der Waals surface area contributed by atoms with Crippen molar-refractivity contribution < 1.29 is 28.8 Å². The van der Waals surface area contributed by atoms with Crippen LogP contribution in [0.5, 0.6) is 0 Å². The summed E-state index contributed by atoms with van der Waals surface area (Å²) in [5.74, 6) is 12.3. The van der Waals surface area contributed by atoms with E-state index in [9.17, 15) is 19.2 Å². The zero-order valence-electron chi connectivity index (χ0n) is 55.7. The fraction of sp³-hybridized carbons (Fsp3) is 0.377. The van der Waals surface area contributed by atoms with E-state index < -0.39 is 5.24 Å². The van der Waals surface area contributed by atoms with Gasteiger partial charge in [0.05, 0.1) is 29.4 Å². The number of terminal acetylenes is 1. The van der Waals surface area contributed by atoms with Gasteiger partial charge >= 0.3 is 0 Å². The number of ether oxygens (including phenoxy) is 1. The van der Waals surface area contributed by atoms with Crippen LogP contribution < -0.4 is 11.5 Å². The molecule has 1 amide bonds. The van der Waals surface area contributed by atoms with E-state index in [2.05, 4.69) is 107 Å². The topological polar surface area (TPSA) is 199 Å². The minimum absolute atomic E-state index is 0. The minimum Gasteiger partial charge on any atom is -0.385 e. The molecule has 0 spiro atoms. The van der Waals surface area contributed by atoms with Gasteiger partial charge in [0, 0.05) is 96.9 Å². The fourth-order valence-corrected chi connectivity index (χ4v) is 13.7. The lowest BCUT2D eigenvalue weighted by Crippen LogP contribution is -2.25. The lowest BCUT2D eigenvalue weighted by molar-refractivity contribution is -0.0757. The highest BCUT2D eigenvalue weighted by Gasteiger charge is 2.22. The van der Waals surface area contributed by atoms with Crippen molar-refractivity contribution in [1.82, 2.24) is 29.8 Å². The number of anilines is 2. The Balaban J connectivity index is 0.000000220. The maximum atomic E-state index is 12.0. The number of para-hydroxylation sites is 1. The number of halogens is 6. The van der Waals surface area contributed by atoms with Crippen LogP contribution in [0, 0.1) is 47.9 Å². The Kier molecular flexibility index (Phi) is 37.2. The lowest BCUT2D eigenvalue weighted by atomic mass is 9.97. The van der Waals surface area contributed by atoms with Gasteiger partial charge in [-0.05, 0) is 152 Å². The van der Waals surface area contributed by atoms with E-state index in [1.165, 1.54) is 108 Å². The first-order chi connectivity index (χ1) is 46.5. The van der Waals surface area contributed by atoms with Gasteiger partial charge in [0.25, 0.3) is 17.1 Å². The van der Waals surface area contributed by atoms with Gasteiger partial charge in [-0.1, -0.05) is 210 Å². The number of pyridine rings is 1. The normalized spacial score (nSPS) is 14.0. The number of fused-ring (bicyclic) bond motifs is 1. The van der Waals surface area contributed by atoms with Crippen molar-refractivity contribution >= 4 is 133 Å². The first-order valence-electron chi connectivity index (χ1n) is 32.8. The summed E-state index contributed by atoms with van der Waals surface area (Å²) < 4.78 is 9.55. The molecule has 3 aromatic heterocycles. The highest BCUT2D eigenvalue weighted by Crippen LogP contribution is 2.34. The fourth-order valence-electron chi connectivity index (χ4n) is 11.5. The average Bonchev–Trinajstić information content (AvgIpc) is 1.66. The summed E-state index contributed by atoms with van der Waals surface area (Å²) in [5, 5.41) is 6.75. The molecule has 514 valence electrons. The van der Waals surface area contributed by atoms with E-state index in [0.29, 0.717) is 58.1 Å². The molecule has 0 bridgehead atoms. The molecule has 4 aliphatic rings. The van der Waals surface area contributed by atoms with Crippen LogP contribution in [0.1, 0.15) is 176 Å². The number of nitrogen functional groups attached to an aromatic ring is 2. The summed E-state index contributed by atoms with van der Waals surface area (Å²) in [6, 6.07) is 41.3. The smallest absolute Gasteiger partial charge is 0.278 e. The predicted molar refractivity (Wildman–Crippen MR) is 410 cm³/mol.